The maximum Gasteiger partial charge on any atom is 0.433 e. The molecule has 1 saturated heterocycles. The summed E-state index contributed by atoms with van der Waals surface area (Å²) >= 11 is 0. The van der Waals surface area contributed by atoms with Gasteiger partial charge in [0.2, 0.25) is 0 Å². The lowest BCUT2D eigenvalue weighted by molar-refractivity contribution is -0.141. The Morgan fingerprint density at radius 3 is 2.71 bits per heavy atom. The van der Waals surface area contributed by atoms with Crippen LogP contribution in [0.3, 0.4) is 0 Å². The number of ether oxygens (including phenoxy) is 1. The summed E-state index contributed by atoms with van der Waals surface area (Å²) in [6, 6.07) is 3.91. The molecule has 4 nitrogen and oxygen atoms in total. The molecule has 2 unspecified atom stereocenters. The fourth-order valence-corrected chi connectivity index (χ4v) is 2.47. The van der Waals surface area contributed by atoms with Crippen LogP contribution in [0, 0.1) is 17.2 Å². The molecule has 1 aliphatic rings. The highest BCUT2D eigenvalue weighted by molar-refractivity contribution is 5.55. The third kappa shape index (κ3) is 3.27. The lowest BCUT2D eigenvalue weighted by atomic mass is 9.95. The van der Waals surface area contributed by atoms with Crippen LogP contribution < -0.4 is 4.90 Å². The minimum absolute atomic E-state index is 0.0818. The minimum atomic E-state index is -4.52. The number of nitriles is 1. The number of alkyl halides is 3. The molecule has 2 heterocycles. The number of aromatic nitrogens is 1. The number of hydrogen-bond acceptors (Lipinski definition) is 4. The number of rotatable bonds is 2. The van der Waals surface area contributed by atoms with Gasteiger partial charge in [0.15, 0.2) is 0 Å². The van der Waals surface area contributed by atoms with Gasteiger partial charge >= 0.3 is 6.18 Å². The van der Waals surface area contributed by atoms with E-state index in [1.807, 2.05) is 13.0 Å². The van der Waals surface area contributed by atoms with Crippen molar-refractivity contribution in [3.05, 3.63) is 23.4 Å². The summed E-state index contributed by atoms with van der Waals surface area (Å²) in [5, 5.41) is 9.09. The zero-order valence-corrected chi connectivity index (χ0v) is 11.8. The van der Waals surface area contributed by atoms with E-state index in [9.17, 15) is 13.2 Å². The van der Waals surface area contributed by atoms with Crippen molar-refractivity contribution in [2.75, 3.05) is 25.1 Å². The smallest absolute Gasteiger partial charge is 0.379 e. The Hall–Kier alpha value is -1.81. The standard InChI is InChI=1S/C14H16F3N3O/c1-9-5-6-20(8-11(9)21-2)13-10(7-18)3-4-12(19-13)14(15,16)17/h3-4,9,11H,5-6,8H2,1-2H3. The van der Waals surface area contributed by atoms with Gasteiger partial charge in [0.1, 0.15) is 17.6 Å². The topological polar surface area (TPSA) is 49.1 Å². The van der Waals surface area contributed by atoms with Crippen LogP contribution in [0.4, 0.5) is 19.0 Å². The summed E-state index contributed by atoms with van der Waals surface area (Å²) in [6.45, 7) is 3.03. The molecular formula is C14H16F3N3O. The molecule has 0 amide bonds. The minimum Gasteiger partial charge on any atom is -0.379 e. The Morgan fingerprint density at radius 1 is 1.43 bits per heavy atom. The van der Waals surface area contributed by atoms with Gasteiger partial charge in [-0.15, -0.1) is 0 Å². The first kappa shape index (κ1) is 15.6. The Morgan fingerprint density at radius 2 is 2.14 bits per heavy atom. The van der Waals surface area contributed by atoms with Crippen molar-refractivity contribution in [2.24, 2.45) is 5.92 Å². The molecule has 21 heavy (non-hydrogen) atoms. The molecule has 2 atom stereocenters. The van der Waals surface area contributed by atoms with E-state index in [-0.39, 0.29) is 17.5 Å². The van der Waals surface area contributed by atoms with E-state index in [0.29, 0.717) is 19.0 Å². The third-order valence-electron chi connectivity index (χ3n) is 3.78. The van der Waals surface area contributed by atoms with Crippen molar-refractivity contribution in [1.82, 2.24) is 4.98 Å². The predicted molar refractivity (Wildman–Crippen MR) is 70.7 cm³/mol. The SMILES string of the molecule is COC1CN(c2nc(C(F)(F)F)ccc2C#N)CCC1C. The van der Waals surface area contributed by atoms with Crippen molar-refractivity contribution >= 4 is 5.82 Å². The van der Waals surface area contributed by atoms with Crippen LogP contribution in [0.15, 0.2) is 12.1 Å². The highest BCUT2D eigenvalue weighted by Crippen LogP contribution is 2.32. The monoisotopic (exact) mass is 299 g/mol. The fraction of sp³-hybridized carbons (Fsp3) is 0.571. The van der Waals surface area contributed by atoms with E-state index >= 15 is 0 Å². The first-order valence-corrected chi connectivity index (χ1v) is 6.63. The molecule has 1 fully saturated rings. The molecule has 0 aliphatic carbocycles. The van der Waals surface area contributed by atoms with Crippen molar-refractivity contribution < 1.29 is 17.9 Å². The number of hydrogen-bond donors (Lipinski definition) is 0. The van der Waals surface area contributed by atoms with Crippen LogP contribution in [0.2, 0.25) is 0 Å². The van der Waals surface area contributed by atoms with Gasteiger partial charge < -0.3 is 9.64 Å². The molecule has 0 spiro atoms. The number of methoxy groups -OCH3 is 1. The van der Waals surface area contributed by atoms with Gasteiger partial charge in [-0.3, -0.25) is 0 Å². The zero-order valence-electron chi connectivity index (χ0n) is 11.8. The van der Waals surface area contributed by atoms with E-state index in [1.165, 1.54) is 6.07 Å². The molecule has 0 bridgehead atoms. The van der Waals surface area contributed by atoms with E-state index in [4.69, 9.17) is 10.00 Å². The molecule has 0 N–H and O–H groups in total. The number of anilines is 1. The van der Waals surface area contributed by atoms with Gasteiger partial charge in [-0.05, 0) is 24.5 Å². The lowest BCUT2D eigenvalue weighted by Crippen LogP contribution is -2.44. The lowest BCUT2D eigenvalue weighted by Gasteiger charge is -2.37. The average molecular weight is 299 g/mol. The van der Waals surface area contributed by atoms with Gasteiger partial charge in [-0.25, -0.2) is 4.98 Å². The van der Waals surface area contributed by atoms with Crippen molar-refractivity contribution in [1.29, 1.82) is 5.26 Å². The second-order valence-electron chi connectivity index (χ2n) is 5.16. The summed E-state index contributed by atoms with van der Waals surface area (Å²) < 4.78 is 43.7. The van der Waals surface area contributed by atoms with Crippen LogP contribution >= 0.6 is 0 Å². The van der Waals surface area contributed by atoms with Gasteiger partial charge in [-0.2, -0.15) is 18.4 Å². The molecule has 7 heteroatoms. The first-order valence-electron chi connectivity index (χ1n) is 6.63. The highest BCUT2D eigenvalue weighted by Gasteiger charge is 2.35. The average Bonchev–Trinajstić information content (AvgIpc) is 2.46. The van der Waals surface area contributed by atoms with Crippen LogP contribution in [0.5, 0.6) is 0 Å². The second-order valence-corrected chi connectivity index (χ2v) is 5.16. The quantitative estimate of drug-likeness (QED) is 0.842. The number of piperidine rings is 1. The van der Waals surface area contributed by atoms with Crippen LogP contribution in [-0.2, 0) is 10.9 Å². The van der Waals surface area contributed by atoms with E-state index in [2.05, 4.69) is 4.98 Å². The number of halogens is 3. The van der Waals surface area contributed by atoms with Gasteiger partial charge in [0.05, 0.1) is 11.7 Å². The highest BCUT2D eigenvalue weighted by atomic mass is 19.4. The maximum atomic E-state index is 12.8. The van der Waals surface area contributed by atoms with E-state index in [1.54, 1.807) is 12.0 Å². The largest absolute Gasteiger partial charge is 0.433 e. The molecule has 0 saturated carbocycles. The van der Waals surface area contributed by atoms with E-state index in [0.717, 1.165) is 12.5 Å². The maximum absolute atomic E-state index is 12.8. The van der Waals surface area contributed by atoms with Gasteiger partial charge in [-0.1, -0.05) is 6.92 Å². The van der Waals surface area contributed by atoms with E-state index < -0.39 is 11.9 Å². The molecule has 1 aliphatic heterocycles. The van der Waals surface area contributed by atoms with Crippen LogP contribution in [0.25, 0.3) is 0 Å². The second kappa shape index (κ2) is 5.90. The molecule has 1 aromatic rings. The van der Waals surface area contributed by atoms with Crippen molar-refractivity contribution in [2.45, 2.75) is 25.6 Å². The Kier molecular flexibility index (Phi) is 4.37. The predicted octanol–water partition coefficient (Wildman–Crippen LogP) is 2.83. The summed E-state index contributed by atoms with van der Waals surface area (Å²) in [5.74, 6) is 0.406. The van der Waals surface area contributed by atoms with Crippen LogP contribution in [0.1, 0.15) is 24.6 Å². The molecule has 114 valence electrons. The molecule has 2 rings (SSSR count). The number of pyridine rings is 1. The van der Waals surface area contributed by atoms with Gasteiger partial charge in [0, 0.05) is 20.2 Å². The summed E-state index contributed by atoms with van der Waals surface area (Å²) in [5.41, 5.74) is -0.837. The molecule has 0 aromatic carbocycles. The Bertz CT molecular complexity index is 553. The fourth-order valence-electron chi connectivity index (χ4n) is 2.47. The van der Waals surface area contributed by atoms with Crippen molar-refractivity contribution in [3.8, 4) is 6.07 Å². The molecule has 1 aromatic heterocycles. The third-order valence-corrected chi connectivity index (χ3v) is 3.78. The first-order chi connectivity index (χ1) is 9.86. The normalized spacial score (nSPS) is 23.0. The Labute approximate surface area is 121 Å². The summed E-state index contributed by atoms with van der Waals surface area (Å²) in [7, 11) is 1.58. The van der Waals surface area contributed by atoms with Crippen LogP contribution in [-0.4, -0.2) is 31.3 Å². The van der Waals surface area contributed by atoms with Crippen molar-refractivity contribution in [3.63, 3.8) is 0 Å². The number of nitrogens with zero attached hydrogens (tertiary/aromatic N) is 3. The summed E-state index contributed by atoms with van der Waals surface area (Å²) in [4.78, 5) is 5.35. The zero-order chi connectivity index (χ0) is 15.6. The molecular weight excluding hydrogens is 283 g/mol. The van der Waals surface area contributed by atoms with Gasteiger partial charge in [0.25, 0.3) is 0 Å². The Balaban J connectivity index is 2.36. The summed E-state index contributed by atoms with van der Waals surface area (Å²) in [6.07, 6.45) is -3.82. The molecule has 0 radical (unpaired) electrons.